The monoisotopic (exact) mass is 321 g/mol. The van der Waals surface area contributed by atoms with Crippen molar-refractivity contribution in [2.24, 2.45) is 0 Å². The minimum Gasteiger partial charge on any atom is -0.497 e. The largest absolute Gasteiger partial charge is 0.497 e. The molecule has 0 aliphatic rings. The van der Waals surface area contributed by atoms with Crippen molar-refractivity contribution in [3.8, 4) is 5.75 Å². The average Bonchev–Trinajstić information content (AvgIpc) is 2.89. The van der Waals surface area contributed by atoms with Gasteiger partial charge in [0.15, 0.2) is 5.13 Å². The van der Waals surface area contributed by atoms with Gasteiger partial charge in [0.05, 0.1) is 17.3 Å². The maximum absolute atomic E-state index is 12.0. The van der Waals surface area contributed by atoms with Crippen molar-refractivity contribution in [2.75, 3.05) is 12.4 Å². The fourth-order valence-corrected chi connectivity index (χ4v) is 2.65. The van der Waals surface area contributed by atoms with Gasteiger partial charge in [-0.3, -0.25) is 15.1 Å². The lowest BCUT2D eigenvalue weighted by atomic mass is 10.2. The SMILES string of the molecule is COc1ccc2nc(NC(=O)c3ccncc3)sc2c1.Cl. The molecule has 1 N–H and O–H groups in total. The summed E-state index contributed by atoms with van der Waals surface area (Å²) >= 11 is 1.41. The highest BCUT2D eigenvalue weighted by atomic mass is 35.5. The molecule has 2 aromatic heterocycles. The molecule has 5 nitrogen and oxygen atoms in total. The lowest BCUT2D eigenvalue weighted by molar-refractivity contribution is 0.102. The Kier molecular flexibility index (Phi) is 4.72. The molecule has 0 atom stereocenters. The zero-order chi connectivity index (χ0) is 13.9. The quantitative estimate of drug-likeness (QED) is 0.803. The molecule has 1 aromatic carbocycles. The van der Waals surface area contributed by atoms with Gasteiger partial charge in [0.1, 0.15) is 5.75 Å². The van der Waals surface area contributed by atoms with Crippen molar-refractivity contribution < 1.29 is 9.53 Å². The summed E-state index contributed by atoms with van der Waals surface area (Å²) in [6, 6.07) is 8.93. The Hall–Kier alpha value is -2.18. The van der Waals surface area contributed by atoms with Crippen LogP contribution in [0.3, 0.4) is 0 Å². The predicted molar refractivity (Wildman–Crippen MR) is 85.6 cm³/mol. The number of methoxy groups -OCH3 is 1. The van der Waals surface area contributed by atoms with E-state index in [0.29, 0.717) is 10.7 Å². The first-order valence-electron chi connectivity index (χ1n) is 5.92. The maximum Gasteiger partial charge on any atom is 0.257 e. The van der Waals surface area contributed by atoms with Gasteiger partial charge in [0.25, 0.3) is 5.91 Å². The van der Waals surface area contributed by atoms with Crippen molar-refractivity contribution in [2.45, 2.75) is 0 Å². The number of pyridine rings is 1. The minimum atomic E-state index is -0.196. The molecule has 3 rings (SSSR count). The average molecular weight is 322 g/mol. The Morgan fingerprint density at radius 2 is 2.00 bits per heavy atom. The third-order valence-electron chi connectivity index (χ3n) is 2.76. The zero-order valence-corrected chi connectivity index (χ0v) is 12.7. The second-order valence-electron chi connectivity index (χ2n) is 4.04. The van der Waals surface area contributed by atoms with E-state index in [1.165, 1.54) is 11.3 Å². The summed E-state index contributed by atoms with van der Waals surface area (Å²) in [5.41, 5.74) is 1.39. The number of hydrogen-bond acceptors (Lipinski definition) is 5. The number of carbonyl (C=O) groups is 1. The van der Waals surface area contributed by atoms with Crippen LogP contribution in [0.5, 0.6) is 5.75 Å². The van der Waals surface area contributed by atoms with Crippen LogP contribution in [0.4, 0.5) is 5.13 Å². The van der Waals surface area contributed by atoms with Gasteiger partial charge in [0.2, 0.25) is 0 Å². The van der Waals surface area contributed by atoms with E-state index in [1.807, 2.05) is 18.2 Å². The molecule has 0 fully saturated rings. The van der Waals surface area contributed by atoms with Crippen LogP contribution >= 0.6 is 23.7 Å². The number of nitrogens with zero attached hydrogens (tertiary/aromatic N) is 2. The number of halogens is 1. The van der Waals surface area contributed by atoms with Gasteiger partial charge >= 0.3 is 0 Å². The third-order valence-corrected chi connectivity index (χ3v) is 3.69. The molecule has 0 radical (unpaired) electrons. The van der Waals surface area contributed by atoms with Gasteiger partial charge in [-0.2, -0.15) is 0 Å². The van der Waals surface area contributed by atoms with Crippen molar-refractivity contribution in [1.29, 1.82) is 0 Å². The second kappa shape index (κ2) is 6.51. The maximum atomic E-state index is 12.0. The molecule has 1 amide bonds. The van der Waals surface area contributed by atoms with Crippen LogP contribution in [0.25, 0.3) is 10.2 Å². The molecular weight excluding hydrogens is 310 g/mol. The lowest BCUT2D eigenvalue weighted by Gasteiger charge is -1.99. The van der Waals surface area contributed by atoms with Crippen LogP contribution in [0.1, 0.15) is 10.4 Å². The van der Waals surface area contributed by atoms with Crippen LogP contribution < -0.4 is 10.1 Å². The molecule has 108 valence electrons. The molecule has 21 heavy (non-hydrogen) atoms. The summed E-state index contributed by atoms with van der Waals surface area (Å²) in [7, 11) is 1.62. The molecule has 0 aliphatic carbocycles. The number of carbonyl (C=O) groups excluding carboxylic acids is 1. The van der Waals surface area contributed by atoms with Gasteiger partial charge < -0.3 is 4.74 Å². The van der Waals surface area contributed by atoms with Crippen molar-refractivity contribution in [1.82, 2.24) is 9.97 Å². The summed E-state index contributed by atoms with van der Waals surface area (Å²) < 4.78 is 6.13. The molecule has 7 heteroatoms. The minimum absolute atomic E-state index is 0. The van der Waals surface area contributed by atoms with E-state index in [0.717, 1.165) is 16.0 Å². The summed E-state index contributed by atoms with van der Waals surface area (Å²) in [5.74, 6) is 0.576. The molecule has 0 aliphatic heterocycles. The molecule has 0 unspecified atom stereocenters. The Labute approximate surface area is 131 Å². The lowest BCUT2D eigenvalue weighted by Crippen LogP contribution is -2.11. The first kappa shape index (κ1) is 15.2. The smallest absolute Gasteiger partial charge is 0.257 e. The van der Waals surface area contributed by atoms with Crippen molar-refractivity contribution in [3.05, 3.63) is 48.3 Å². The number of rotatable bonds is 3. The van der Waals surface area contributed by atoms with E-state index in [4.69, 9.17) is 4.74 Å². The van der Waals surface area contributed by atoms with Crippen LogP contribution in [-0.2, 0) is 0 Å². The summed E-state index contributed by atoms with van der Waals surface area (Å²) in [4.78, 5) is 20.3. The Morgan fingerprint density at radius 3 is 2.71 bits per heavy atom. The second-order valence-corrected chi connectivity index (χ2v) is 5.07. The Balaban J connectivity index is 0.00000161. The number of benzene rings is 1. The Morgan fingerprint density at radius 1 is 1.24 bits per heavy atom. The predicted octanol–water partition coefficient (Wildman–Crippen LogP) is 3.37. The van der Waals surface area contributed by atoms with E-state index in [9.17, 15) is 4.79 Å². The normalized spacial score (nSPS) is 9.95. The molecule has 0 saturated heterocycles. The van der Waals surface area contributed by atoms with Gasteiger partial charge in [-0.25, -0.2) is 4.98 Å². The van der Waals surface area contributed by atoms with Gasteiger partial charge in [0, 0.05) is 18.0 Å². The van der Waals surface area contributed by atoms with E-state index >= 15 is 0 Å². The van der Waals surface area contributed by atoms with Gasteiger partial charge in [-0.05, 0) is 30.3 Å². The molecular formula is C14H12ClN3O2S. The highest BCUT2D eigenvalue weighted by Crippen LogP contribution is 2.29. The highest BCUT2D eigenvalue weighted by molar-refractivity contribution is 7.22. The number of anilines is 1. The summed E-state index contributed by atoms with van der Waals surface area (Å²) in [6.07, 6.45) is 3.16. The molecule has 0 spiro atoms. The topological polar surface area (TPSA) is 64.1 Å². The molecule has 0 saturated carbocycles. The summed E-state index contributed by atoms with van der Waals surface area (Å²) in [6.45, 7) is 0. The van der Waals surface area contributed by atoms with E-state index in [2.05, 4.69) is 15.3 Å². The number of amides is 1. The fraction of sp³-hybridized carbons (Fsp3) is 0.0714. The standard InChI is InChI=1S/C14H11N3O2S.ClH/c1-19-10-2-3-11-12(8-10)20-14(16-11)17-13(18)9-4-6-15-7-5-9;/h2-8H,1H3,(H,16,17,18);1H. The highest BCUT2D eigenvalue weighted by Gasteiger charge is 2.10. The third kappa shape index (κ3) is 3.29. The van der Waals surface area contributed by atoms with Crippen LogP contribution in [0, 0.1) is 0 Å². The first-order chi connectivity index (χ1) is 9.76. The number of thiazole rings is 1. The first-order valence-corrected chi connectivity index (χ1v) is 6.74. The number of fused-ring (bicyclic) bond motifs is 1. The number of nitrogens with one attached hydrogen (secondary N) is 1. The number of aromatic nitrogens is 2. The summed E-state index contributed by atoms with van der Waals surface area (Å²) in [5, 5.41) is 3.35. The molecule has 2 heterocycles. The molecule has 3 aromatic rings. The number of ether oxygens (including phenoxy) is 1. The fourth-order valence-electron chi connectivity index (χ4n) is 1.76. The van der Waals surface area contributed by atoms with Gasteiger partial charge in [-0.15, -0.1) is 12.4 Å². The van der Waals surface area contributed by atoms with Crippen LogP contribution in [0.2, 0.25) is 0 Å². The molecule has 0 bridgehead atoms. The zero-order valence-electron chi connectivity index (χ0n) is 11.1. The Bertz CT molecular complexity index is 761. The number of hydrogen-bond donors (Lipinski definition) is 1. The van der Waals surface area contributed by atoms with E-state index in [1.54, 1.807) is 31.6 Å². The van der Waals surface area contributed by atoms with Crippen molar-refractivity contribution in [3.63, 3.8) is 0 Å². The van der Waals surface area contributed by atoms with Crippen LogP contribution in [-0.4, -0.2) is 23.0 Å². The van der Waals surface area contributed by atoms with Gasteiger partial charge in [-0.1, -0.05) is 11.3 Å². The van der Waals surface area contributed by atoms with E-state index < -0.39 is 0 Å². The van der Waals surface area contributed by atoms with Crippen LogP contribution in [0.15, 0.2) is 42.7 Å². The van der Waals surface area contributed by atoms with E-state index in [-0.39, 0.29) is 18.3 Å². The van der Waals surface area contributed by atoms with Crippen molar-refractivity contribution >= 4 is 45.0 Å².